The van der Waals surface area contributed by atoms with Crippen LogP contribution in [0.15, 0.2) is 66.0 Å². The van der Waals surface area contributed by atoms with E-state index in [1.165, 1.54) is 12.4 Å². The zero-order valence-electron chi connectivity index (χ0n) is 17.8. The van der Waals surface area contributed by atoms with Crippen molar-refractivity contribution < 1.29 is 9.13 Å². The second-order valence-electron chi connectivity index (χ2n) is 7.72. The van der Waals surface area contributed by atoms with Gasteiger partial charge in [-0.05, 0) is 35.4 Å². The molecule has 33 heavy (non-hydrogen) atoms. The highest BCUT2D eigenvalue weighted by Gasteiger charge is 2.22. The number of aromatic nitrogens is 4. The molecule has 0 amide bonds. The molecule has 5 rings (SSSR count). The summed E-state index contributed by atoms with van der Waals surface area (Å²) in [7, 11) is 1.85. The minimum Gasteiger partial charge on any atom is -0.424 e. The molecule has 0 spiro atoms. The predicted molar refractivity (Wildman–Crippen MR) is 124 cm³/mol. The highest BCUT2D eigenvalue weighted by atomic mass is 35.5. The number of rotatable bonds is 6. The van der Waals surface area contributed by atoms with Crippen molar-refractivity contribution in [3.8, 4) is 11.8 Å². The van der Waals surface area contributed by atoms with E-state index in [9.17, 15) is 0 Å². The lowest BCUT2D eigenvalue weighted by molar-refractivity contribution is 0.441. The van der Waals surface area contributed by atoms with Crippen molar-refractivity contribution in [2.75, 3.05) is 5.32 Å². The fourth-order valence-corrected chi connectivity index (χ4v) is 3.72. The highest BCUT2D eigenvalue weighted by molar-refractivity contribution is 6.30. The minimum absolute atomic E-state index is 0.193. The maximum atomic E-state index is 15.1. The van der Waals surface area contributed by atoms with Crippen LogP contribution in [0.2, 0.25) is 5.02 Å². The first-order valence-corrected chi connectivity index (χ1v) is 10.7. The third-order valence-electron chi connectivity index (χ3n) is 5.27. The molecule has 0 bridgehead atoms. The summed E-state index contributed by atoms with van der Waals surface area (Å²) in [4.78, 5) is 12.7. The van der Waals surface area contributed by atoms with Crippen LogP contribution in [0.1, 0.15) is 22.4 Å². The summed E-state index contributed by atoms with van der Waals surface area (Å²) in [5, 5.41) is 8.02. The molecule has 1 N–H and O–H groups in total. The Bertz CT molecular complexity index is 1320. The Balaban J connectivity index is 1.22. The van der Waals surface area contributed by atoms with Crippen molar-refractivity contribution in [2.45, 2.75) is 19.4 Å². The van der Waals surface area contributed by atoms with Gasteiger partial charge in [0.2, 0.25) is 0 Å². The number of hydrogen-bond acceptors (Lipinski definition) is 5. The van der Waals surface area contributed by atoms with Crippen LogP contribution in [-0.4, -0.2) is 25.6 Å². The van der Waals surface area contributed by atoms with Crippen LogP contribution in [0.5, 0.6) is 11.8 Å². The van der Waals surface area contributed by atoms with Crippen LogP contribution in [0.4, 0.5) is 10.1 Å². The lowest BCUT2D eigenvalue weighted by Gasteiger charge is -2.06. The zero-order chi connectivity index (χ0) is 22.8. The van der Waals surface area contributed by atoms with E-state index >= 15 is 4.39 Å². The van der Waals surface area contributed by atoms with E-state index < -0.39 is 0 Å². The molecule has 0 aliphatic carbocycles. The van der Waals surface area contributed by atoms with Gasteiger partial charge in [-0.2, -0.15) is 5.10 Å². The second kappa shape index (κ2) is 8.99. The topological polar surface area (TPSA) is 77.2 Å². The predicted octanol–water partition coefficient (Wildman–Crippen LogP) is 4.95. The van der Waals surface area contributed by atoms with Crippen LogP contribution in [0, 0.1) is 5.82 Å². The van der Waals surface area contributed by atoms with Gasteiger partial charge in [0.05, 0.1) is 29.7 Å². The van der Waals surface area contributed by atoms with Gasteiger partial charge in [0, 0.05) is 37.3 Å². The smallest absolute Gasteiger partial charge is 0.321 e. The molecule has 0 radical (unpaired) electrons. The number of anilines is 1. The first-order valence-electron chi connectivity index (χ1n) is 10.4. The number of nitrogens with zero attached hydrogens (tertiary/aromatic N) is 5. The summed E-state index contributed by atoms with van der Waals surface area (Å²) in [6.07, 6.45) is 5.71. The molecule has 7 nitrogen and oxygen atoms in total. The van der Waals surface area contributed by atoms with Gasteiger partial charge in [-0.25, -0.2) is 14.4 Å². The van der Waals surface area contributed by atoms with E-state index in [0.29, 0.717) is 41.3 Å². The molecule has 166 valence electrons. The largest absolute Gasteiger partial charge is 0.424 e. The van der Waals surface area contributed by atoms with E-state index in [-0.39, 0.29) is 11.8 Å². The molecule has 9 heteroatoms. The van der Waals surface area contributed by atoms with Gasteiger partial charge in [-0.3, -0.25) is 9.67 Å². The quantitative estimate of drug-likeness (QED) is 0.438. The second-order valence-corrected chi connectivity index (χ2v) is 8.15. The van der Waals surface area contributed by atoms with Gasteiger partial charge < -0.3 is 10.1 Å². The molecule has 0 saturated carbocycles. The minimum atomic E-state index is -0.193. The van der Waals surface area contributed by atoms with E-state index in [1.54, 1.807) is 4.68 Å². The molecule has 1 aliphatic rings. The summed E-state index contributed by atoms with van der Waals surface area (Å²) in [5.41, 5.74) is 3.89. The number of hydrogen-bond donors (Lipinski definition) is 1. The molecule has 0 fully saturated rings. The molecule has 1 aliphatic heterocycles. The third-order valence-corrected chi connectivity index (χ3v) is 5.46. The molecule has 0 saturated heterocycles. The molecule has 2 aromatic heterocycles. The molecular formula is C24H20ClFN6O. The summed E-state index contributed by atoms with van der Waals surface area (Å²) in [6.45, 7) is 0.469. The fraction of sp³-hybridized carbons (Fsp3) is 0.167. The Hall–Kier alpha value is -3.78. The van der Waals surface area contributed by atoms with E-state index in [1.807, 2.05) is 55.7 Å². The number of aryl methyl sites for hydroxylation is 1. The maximum Gasteiger partial charge on any atom is 0.321 e. The van der Waals surface area contributed by atoms with Crippen molar-refractivity contribution in [1.82, 2.24) is 19.7 Å². The lowest BCUT2D eigenvalue weighted by Crippen LogP contribution is -2.06. The Kier molecular flexibility index (Phi) is 5.75. The van der Waals surface area contributed by atoms with Crippen LogP contribution in [0.25, 0.3) is 0 Å². The average molecular weight is 463 g/mol. The number of amidine groups is 1. The highest BCUT2D eigenvalue weighted by Crippen LogP contribution is 2.29. The van der Waals surface area contributed by atoms with Gasteiger partial charge in [0.15, 0.2) is 0 Å². The van der Waals surface area contributed by atoms with Gasteiger partial charge in [0.25, 0.3) is 0 Å². The van der Waals surface area contributed by atoms with Crippen molar-refractivity contribution >= 4 is 23.1 Å². The molecule has 3 heterocycles. The van der Waals surface area contributed by atoms with Crippen LogP contribution in [0.3, 0.4) is 0 Å². The molecule has 0 atom stereocenters. The Labute approximate surface area is 194 Å². The van der Waals surface area contributed by atoms with E-state index in [2.05, 4.69) is 25.4 Å². The maximum absolute atomic E-state index is 15.1. The number of ether oxygens (including phenoxy) is 1. The number of nitrogens with one attached hydrogen (secondary N) is 1. The monoisotopic (exact) mass is 462 g/mol. The number of benzene rings is 2. The van der Waals surface area contributed by atoms with Crippen molar-refractivity contribution in [1.29, 1.82) is 0 Å². The number of fused-ring (bicyclic) bond motifs is 1. The van der Waals surface area contributed by atoms with Crippen molar-refractivity contribution in [2.24, 2.45) is 12.0 Å². The summed E-state index contributed by atoms with van der Waals surface area (Å²) < 4.78 is 22.4. The van der Waals surface area contributed by atoms with Crippen LogP contribution >= 0.6 is 11.6 Å². The first-order chi connectivity index (χ1) is 16.0. The molecule has 2 aromatic carbocycles. The Morgan fingerprint density at radius 1 is 1.12 bits per heavy atom. The Morgan fingerprint density at radius 2 is 1.91 bits per heavy atom. The van der Waals surface area contributed by atoms with Crippen molar-refractivity contribution in [3.63, 3.8) is 0 Å². The summed E-state index contributed by atoms with van der Waals surface area (Å²) in [5.74, 6) is 1.16. The average Bonchev–Trinajstić information content (AvgIpc) is 3.43. The van der Waals surface area contributed by atoms with Gasteiger partial charge in [-0.1, -0.05) is 29.8 Å². The van der Waals surface area contributed by atoms with Gasteiger partial charge in [0.1, 0.15) is 17.4 Å². The number of aliphatic imine (C=N–C) groups is 1. The van der Waals surface area contributed by atoms with Gasteiger partial charge >= 0.3 is 6.01 Å². The first kappa shape index (κ1) is 21.1. The van der Waals surface area contributed by atoms with Crippen LogP contribution in [-0.2, 0) is 26.4 Å². The summed E-state index contributed by atoms with van der Waals surface area (Å²) >= 11 is 5.78. The molecular weight excluding hydrogens is 443 g/mol. The molecule has 4 aromatic rings. The van der Waals surface area contributed by atoms with Crippen LogP contribution < -0.4 is 10.1 Å². The SMILES string of the molecule is Cn1ccc(Cc2ccc3c(c2F)CC(=NCc2ccc(Oc4ncc(Cl)cn4)cc2)N3)n1. The lowest BCUT2D eigenvalue weighted by atomic mass is 10.0. The molecule has 0 unspecified atom stereocenters. The zero-order valence-corrected chi connectivity index (χ0v) is 18.6. The van der Waals surface area contributed by atoms with E-state index in [0.717, 1.165) is 22.8 Å². The van der Waals surface area contributed by atoms with Gasteiger partial charge in [-0.15, -0.1) is 0 Å². The number of halogens is 2. The third kappa shape index (κ3) is 4.85. The fourth-order valence-electron chi connectivity index (χ4n) is 3.62. The standard InChI is InChI=1S/C24H20ClFN6O/c1-32-9-8-18(31-32)10-16-4-7-21-20(23(16)26)11-22(30-21)27-12-15-2-5-19(6-3-15)33-24-28-13-17(25)14-29-24/h2-9,13-14H,10-12H2,1H3,(H,27,30). The normalized spacial score (nSPS) is 13.7. The van der Waals surface area contributed by atoms with E-state index in [4.69, 9.17) is 16.3 Å². The van der Waals surface area contributed by atoms with Crippen molar-refractivity contribution in [3.05, 3.63) is 94.3 Å². The Morgan fingerprint density at radius 3 is 2.64 bits per heavy atom. The summed E-state index contributed by atoms with van der Waals surface area (Å²) in [6, 6.07) is 13.3.